The lowest BCUT2D eigenvalue weighted by Crippen LogP contribution is -2.15. The van der Waals surface area contributed by atoms with E-state index >= 15 is 0 Å². The number of nitrogens with two attached hydrogens (primary N) is 1. The molecule has 0 saturated heterocycles. The van der Waals surface area contributed by atoms with Crippen LogP contribution in [0.5, 0.6) is 5.75 Å². The first-order valence-corrected chi connectivity index (χ1v) is 29.7. The Kier molecular flexibility index (Phi) is 21.5. The molecular weight excluding hydrogens is 1170 g/mol. The minimum atomic E-state index is -5.18. The smallest absolute Gasteiger partial charge is 0.397 e. The van der Waals surface area contributed by atoms with Gasteiger partial charge >= 0.3 is 10.4 Å². The highest BCUT2D eigenvalue weighted by molar-refractivity contribution is 7.99. The quantitative estimate of drug-likeness (QED) is 0.00421. The number of azo groups is 2. The molecule has 6 rings (SSSR count). The number of nitrogens with one attached hydrogen (secondary N) is 3. The summed E-state index contributed by atoms with van der Waals surface area (Å²) in [6, 6.07) is 18.4. The van der Waals surface area contributed by atoms with Crippen molar-refractivity contribution in [3.63, 3.8) is 0 Å². The van der Waals surface area contributed by atoms with Crippen molar-refractivity contribution in [1.82, 2.24) is 15.0 Å². The van der Waals surface area contributed by atoms with Crippen LogP contribution >= 0.6 is 36.1 Å². The normalized spacial score (nSPS) is 12.5. The molecule has 0 amide bonds. The van der Waals surface area contributed by atoms with Crippen LogP contribution in [0, 0.1) is 0 Å². The molecule has 38 heteroatoms. The van der Waals surface area contributed by atoms with Gasteiger partial charge in [-0.1, -0.05) is 22.2 Å². The third-order valence-corrected chi connectivity index (χ3v) is 16.2. The van der Waals surface area contributed by atoms with Crippen LogP contribution in [0.3, 0.4) is 0 Å². The Morgan fingerprint density at radius 1 is 0.662 bits per heavy atom. The first kappa shape index (κ1) is 60.2. The summed E-state index contributed by atoms with van der Waals surface area (Å²) in [6.45, 7) is -0.844. The number of phenolic OH excluding ortho intramolecular Hbond substituents is 1. The number of anilines is 6. The fraction of sp³-hybridized carbons (Fsp3) is 0.205. The van der Waals surface area contributed by atoms with Gasteiger partial charge in [0, 0.05) is 29.4 Å². The molecule has 0 unspecified atom stereocenters. The molecule has 11 N–H and O–H groups in total. The summed E-state index contributed by atoms with van der Waals surface area (Å²) in [5.74, 6) is -1.13. The van der Waals surface area contributed by atoms with Crippen LogP contribution < -0.4 is 21.7 Å². The summed E-state index contributed by atoms with van der Waals surface area (Å²) in [4.78, 5) is 11.9. The van der Waals surface area contributed by atoms with Gasteiger partial charge in [-0.2, -0.15) is 53.8 Å². The Labute approximate surface area is 449 Å². The van der Waals surface area contributed by atoms with Gasteiger partial charge in [0.25, 0.3) is 10.1 Å². The van der Waals surface area contributed by atoms with Crippen molar-refractivity contribution < 1.29 is 90.6 Å². The molecule has 0 aliphatic heterocycles. The number of aromatic hydroxyl groups is 1. The fourth-order valence-electron chi connectivity index (χ4n) is 6.29. The van der Waals surface area contributed by atoms with Crippen LogP contribution in [-0.4, -0.2) is 128 Å². The highest BCUT2D eigenvalue weighted by atomic mass is 32.3. The molecule has 0 fully saturated rings. The maximum Gasteiger partial charge on any atom is 0.397 e. The highest BCUT2D eigenvalue weighted by Crippen LogP contribution is 2.49. The molecule has 77 heavy (non-hydrogen) atoms. The standard InChI is InChI=1S/C39H41N11O20S7/c40-33-32-23(19-30(72-69-67-53)34(33)49-47-24-7-9-28(10-8-24)74(55,56)18-14-66-77(62,63)64)20-31(76(59,60)61)35(36(32)52)50-48-27-5-1-3-25(21-27)42-38-44-37(41-11-15-71-16-12-51)45-39(46-38)43-26-4-2-6-29(22-26)75(57,58)17-13-65-73-70-68-54/h1-10,19-22,51-54H,11-18,40H2,(H,59,60,61)(H,62,63,64)(H3,41,42,43,44,45,46). The van der Waals surface area contributed by atoms with Crippen LogP contribution in [-0.2, 0) is 67.3 Å². The molecule has 31 nitrogen and oxygen atoms in total. The van der Waals surface area contributed by atoms with Crippen molar-refractivity contribution in [2.75, 3.05) is 71.1 Å². The molecule has 6 aromatic rings. The maximum absolute atomic E-state index is 13.0. The average Bonchev–Trinajstić information content (AvgIpc) is 3.40. The minimum absolute atomic E-state index is 0.0214. The number of nitrogens with zero attached hydrogens (tertiary/aromatic N) is 7. The van der Waals surface area contributed by atoms with Gasteiger partial charge in [-0.25, -0.2) is 31.5 Å². The van der Waals surface area contributed by atoms with Gasteiger partial charge in [0.15, 0.2) is 37.7 Å². The Hall–Kier alpha value is -6.02. The second kappa shape index (κ2) is 27.5. The van der Waals surface area contributed by atoms with Gasteiger partial charge in [0.05, 0.1) is 80.5 Å². The number of sulfone groups is 2. The summed E-state index contributed by atoms with van der Waals surface area (Å²) < 4.78 is 135. The zero-order chi connectivity index (χ0) is 55.8. The van der Waals surface area contributed by atoms with Crippen molar-refractivity contribution >= 4 is 145 Å². The van der Waals surface area contributed by atoms with Crippen LogP contribution in [0.4, 0.5) is 57.7 Å². The summed E-state index contributed by atoms with van der Waals surface area (Å²) in [5, 5.41) is 69.9. The van der Waals surface area contributed by atoms with E-state index in [2.05, 4.69) is 74.3 Å². The van der Waals surface area contributed by atoms with Crippen molar-refractivity contribution in [2.45, 2.75) is 19.6 Å². The van der Waals surface area contributed by atoms with E-state index in [9.17, 15) is 43.3 Å². The van der Waals surface area contributed by atoms with Crippen LogP contribution in [0.2, 0.25) is 0 Å². The molecule has 1 aromatic heterocycles. The molecule has 0 radical (unpaired) electrons. The monoisotopic (exact) mass is 1210 g/mol. The number of aromatic nitrogens is 3. The van der Waals surface area contributed by atoms with E-state index in [1.54, 1.807) is 12.1 Å². The maximum atomic E-state index is 13.0. The molecular formula is C39H41N11O20S7. The molecule has 0 aliphatic rings. The number of aliphatic hydroxyl groups excluding tert-OH is 1. The number of aliphatic hydroxyl groups is 1. The molecule has 0 atom stereocenters. The third kappa shape index (κ3) is 17.7. The number of benzene rings is 5. The number of thioether (sulfide) groups is 1. The summed E-state index contributed by atoms with van der Waals surface area (Å²) in [5.41, 5.74) is 5.67. The van der Waals surface area contributed by atoms with Crippen molar-refractivity contribution in [3.8, 4) is 5.75 Å². The van der Waals surface area contributed by atoms with Crippen molar-refractivity contribution in [3.05, 3.63) is 84.9 Å². The predicted molar refractivity (Wildman–Crippen MR) is 277 cm³/mol. The third-order valence-electron chi connectivity index (χ3n) is 9.55. The number of rotatable bonds is 30. The predicted octanol–water partition coefficient (Wildman–Crippen LogP) is 6.81. The minimum Gasteiger partial charge on any atom is -0.505 e. The molecule has 0 spiro atoms. The summed E-state index contributed by atoms with van der Waals surface area (Å²) in [7, 11) is -18.0. The molecule has 0 bridgehead atoms. The number of phenols is 1. The summed E-state index contributed by atoms with van der Waals surface area (Å²) in [6.07, 6.45) is 0. The number of hydrogen-bond acceptors (Lipinski definition) is 32. The van der Waals surface area contributed by atoms with Crippen molar-refractivity contribution in [2.24, 2.45) is 20.5 Å². The van der Waals surface area contributed by atoms with Gasteiger partial charge in [0.2, 0.25) is 17.8 Å². The highest BCUT2D eigenvalue weighted by Gasteiger charge is 2.26. The zero-order valence-electron chi connectivity index (χ0n) is 38.7. The Bertz CT molecular complexity index is 3570. The second-order valence-corrected chi connectivity index (χ2v) is 23.9. The van der Waals surface area contributed by atoms with Gasteiger partial charge in [-0.15, -0.1) is 18.9 Å². The van der Waals surface area contributed by atoms with E-state index in [0.717, 1.165) is 18.2 Å². The van der Waals surface area contributed by atoms with E-state index in [4.69, 9.17) is 30.1 Å². The van der Waals surface area contributed by atoms with Gasteiger partial charge in [-0.3, -0.25) is 13.3 Å². The van der Waals surface area contributed by atoms with E-state index in [1.165, 1.54) is 66.4 Å². The molecule has 5 aromatic carbocycles. The average molecular weight is 1210 g/mol. The van der Waals surface area contributed by atoms with E-state index < -0.39 is 74.6 Å². The largest absolute Gasteiger partial charge is 0.505 e. The lowest BCUT2D eigenvalue weighted by Gasteiger charge is -2.14. The first-order valence-electron chi connectivity index (χ1n) is 21.0. The fourth-order valence-corrected chi connectivity index (χ4v) is 11.0. The topological polar surface area (TPSA) is 464 Å². The van der Waals surface area contributed by atoms with Crippen molar-refractivity contribution in [1.29, 1.82) is 0 Å². The van der Waals surface area contributed by atoms with Gasteiger partial charge in [-0.05, 0) is 78.2 Å². The molecule has 0 saturated carbocycles. The lowest BCUT2D eigenvalue weighted by molar-refractivity contribution is -0.434. The van der Waals surface area contributed by atoms with Gasteiger partial charge < -0.3 is 31.9 Å². The lowest BCUT2D eigenvalue weighted by atomic mass is 10.1. The van der Waals surface area contributed by atoms with E-state index in [1.807, 2.05) is 0 Å². The number of nitrogen functional groups attached to an aromatic ring is 1. The summed E-state index contributed by atoms with van der Waals surface area (Å²) >= 11 is 2.00. The molecule has 1 heterocycles. The second-order valence-electron chi connectivity index (χ2n) is 14.7. The number of fused-ring (bicyclic) bond motifs is 1. The molecule has 0 aliphatic carbocycles. The van der Waals surface area contributed by atoms with Crippen LogP contribution in [0.1, 0.15) is 0 Å². The Morgan fingerprint density at radius 3 is 1.95 bits per heavy atom. The van der Waals surface area contributed by atoms with Gasteiger partial charge in [0.1, 0.15) is 16.3 Å². The van der Waals surface area contributed by atoms with Crippen LogP contribution in [0.25, 0.3) is 10.8 Å². The first-order chi connectivity index (χ1) is 36.6. The SMILES string of the molecule is Nc1c(N=Nc2ccc(S(=O)(=O)CCOS(=O)(=O)O)cc2)c(SOOO)cc2cc(S(=O)(=O)O)c(N=Nc3cccc(Nc4nc(NCCSCCO)nc(Nc5cccc(S(=O)(=O)CCOSOOO)c5)n4)c3)c(O)c12. The van der Waals surface area contributed by atoms with E-state index in [-0.39, 0.29) is 103 Å². The number of hydrogen-bond donors (Lipinski definition) is 10. The Morgan fingerprint density at radius 2 is 1.29 bits per heavy atom. The Balaban J connectivity index is 1.30. The van der Waals surface area contributed by atoms with E-state index in [0.29, 0.717) is 30.1 Å². The zero-order valence-corrected chi connectivity index (χ0v) is 44.4. The van der Waals surface area contributed by atoms with Crippen LogP contribution in [0.15, 0.2) is 125 Å². The molecule has 414 valence electrons.